The van der Waals surface area contributed by atoms with Crippen molar-refractivity contribution in [3.8, 4) is 22.5 Å². The molecule has 0 aliphatic carbocycles. The molecule has 31 heavy (non-hydrogen) atoms. The van der Waals surface area contributed by atoms with Crippen molar-refractivity contribution >= 4 is 35.1 Å². The highest BCUT2D eigenvalue weighted by Gasteiger charge is 2.28. The van der Waals surface area contributed by atoms with Gasteiger partial charge in [0, 0.05) is 34.8 Å². The fourth-order valence-electron chi connectivity index (χ4n) is 3.77. The van der Waals surface area contributed by atoms with Gasteiger partial charge >= 0.3 is 5.97 Å². The number of ether oxygens (including phenoxy) is 1. The molecular weight excluding hydrogens is 437 g/mol. The summed E-state index contributed by atoms with van der Waals surface area (Å²) in [5.74, 6) is -0.361. The van der Waals surface area contributed by atoms with Crippen molar-refractivity contribution in [2.45, 2.75) is 12.8 Å². The summed E-state index contributed by atoms with van der Waals surface area (Å²) in [5.41, 5.74) is 3.83. The van der Waals surface area contributed by atoms with Crippen LogP contribution in [0.3, 0.4) is 0 Å². The number of hydrogen-bond acceptors (Lipinski definition) is 4. The largest absolute Gasteiger partial charge is 0.469 e. The van der Waals surface area contributed by atoms with Crippen LogP contribution in [0.2, 0.25) is 10.0 Å². The first-order valence-electron chi connectivity index (χ1n) is 9.94. The number of esters is 1. The predicted molar refractivity (Wildman–Crippen MR) is 120 cm³/mol. The van der Waals surface area contributed by atoms with Crippen LogP contribution in [0.5, 0.6) is 0 Å². The highest BCUT2D eigenvalue weighted by molar-refractivity contribution is 6.36. The molecule has 0 bridgehead atoms. The molecule has 0 spiro atoms. The highest BCUT2D eigenvalue weighted by atomic mass is 35.5. The normalized spacial score (nSPS) is 14.5. The van der Waals surface area contributed by atoms with Crippen molar-refractivity contribution in [3.05, 3.63) is 64.1 Å². The van der Waals surface area contributed by atoms with Gasteiger partial charge < -0.3 is 9.64 Å². The number of likely N-dealkylation sites (tertiary alicyclic amines) is 1. The first-order chi connectivity index (χ1) is 15.0. The molecule has 0 saturated carbocycles. The van der Waals surface area contributed by atoms with Crippen molar-refractivity contribution < 1.29 is 14.3 Å². The fraction of sp³-hybridized carbons (Fsp3) is 0.261. The van der Waals surface area contributed by atoms with Crippen molar-refractivity contribution in [2.75, 3.05) is 20.2 Å². The molecule has 3 aromatic rings. The Bertz CT molecular complexity index is 1100. The van der Waals surface area contributed by atoms with E-state index in [0.29, 0.717) is 41.5 Å². The van der Waals surface area contributed by atoms with Gasteiger partial charge in [-0.15, -0.1) is 0 Å². The number of carbonyl (C=O) groups is 2. The molecule has 2 heterocycles. The molecule has 1 saturated heterocycles. The van der Waals surface area contributed by atoms with Crippen LogP contribution in [0.1, 0.15) is 23.2 Å². The summed E-state index contributed by atoms with van der Waals surface area (Å²) in [4.78, 5) is 26.3. The Morgan fingerprint density at radius 1 is 1.06 bits per heavy atom. The number of H-pyrrole nitrogens is 1. The lowest BCUT2D eigenvalue weighted by Gasteiger charge is -2.30. The molecule has 1 N–H and O–H groups in total. The Hall–Kier alpha value is -2.83. The van der Waals surface area contributed by atoms with E-state index in [4.69, 9.17) is 27.9 Å². The van der Waals surface area contributed by atoms with E-state index < -0.39 is 0 Å². The van der Waals surface area contributed by atoms with Gasteiger partial charge in [0.25, 0.3) is 5.91 Å². The summed E-state index contributed by atoms with van der Waals surface area (Å²) < 4.78 is 4.80. The molecular formula is C23H21Cl2N3O3. The Balaban J connectivity index is 1.45. The molecule has 1 amide bonds. The predicted octanol–water partition coefficient (Wildman–Crippen LogP) is 5.08. The molecule has 0 atom stereocenters. The molecule has 2 aromatic carbocycles. The zero-order valence-electron chi connectivity index (χ0n) is 16.9. The SMILES string of the molecule is COC(=O)C1CCN(C(=O)c2ccc(-c3cc(-c4ccc(Cl)cc4Cl)[nH]n3)cc2)CC1. The maximum absolute atomic E-state index is 12.8. The molecule has 6 nitrogen and oxygen atoms in total. The van der Waals surface area contributed by atoms with Crippen molar-refractivity contribution in [1.29, 1.82) is 0 Å². The van der Waals surface area contributed by atoms with E-state index in [2.05, 4.69) is 10.2 Å². The molecule has 1 fully saturated rings. The number of hydrogen-bond donors (Lipinski definition) is 1. The summed E-state index contributed by atoms with van der Waals surface area (Å²) in [6.45, 7) is 1.09. The molecule has 4 rings (SSSR count). The number of rotatable bonds is 4. The molecule has 8 heteroatoms. The van der Waals surface area contributed by atoms with Crippen LogP contribution in [0, 0.1) is 5.92 Å². The first-order valence-corrected chi connectivity index (χ1v) is 10.7. The quantitative estimate of drug-likeness (QED) is 0.554. The number of aromatic amines is 1. The number of amides is 1. The van der Waals surface area contributed by atoms with E-state index >= 15 is 0 Å². The second-order valence-electron chi connectivity index (χ2n) is 7.46. The van der Waals surface area contributed by atoms with Crippen LogP contribution in [0.4, 0.5) is 0 Å². The zero-order valence-corrected chi connectivity index (χ0v) is 18.4. The number of piperidine rings is 1. The van der Waals surface area contributed by atoms with Gasteiger partial charge in [0.05, 0.1) is 29.4 Å². The summed E-state index contributed by atoms with van der Waals surface area (Å²) in [7, 11) is 1.40. The van der Waals surface area contributed by atoms with E-state index in [9.17, 15) is 9.59 Å². The molecule has 160 valence electrons. The molecule has 0 unspecified atom stereocenters. The lowest BCUT2D eigenvalue weighted by atomic mass is 9.96. The monoisotopic (exact) mass is 457 g/mol. The third-order valence-corrected chi connectivity index (χ3v) is 6.09. The van der Waals surface area contributed by atoms with E-state index in [0.717, 1.165) is 22.5 Å². The van der Waals surface area contributed by atoms with Crippen LogP contribution in [0.25, 0.3) is 22.5 Å². The summed E-state index contributed by atoms with van der Waals surface area (Å²) in [5, 5.41) is 8.48. The second kappa shape index (κ2) is 9.12. The van der Waals surface area contributed by atoms with Gasteiger partial charge in [-0.1, -0.05) is 35.3 Å². The Morgan fingerprint density at radius 3 is 2.42 bits per heavy atom. The molecule has 0 radical (unpaired) electrons. The lowest BCUT2D eigenvalue weighted by molar-refractivity contribution is -0.146. The topological polar surface area (TPSA) is 75.3 Å². The number of methoxy groups -OCH3 is 1. The average molecular weight is 458 g/mol. The van der Waals surface area contributed by atoms with Crippen molar-refractivity contribution in [1.82, 2.24) is 15.1 Å². The lowest BCUT2D eigenvalue weighted by Crippen LogP contribution is -2.40. The third kappa shape index (κ3) is 4.60. The standard InChI is InChI=1S/C23H21Cl2N3O3/c1-31-23(30)16-8-10-28(11-9-16)22(29)15-4-2-14(3-5-15)20-13-21(27-26-20)18-7-6-17(24)12-19(18)25/h2-7,12-13,16H,8-11H2,1H3,(H,26,27). The molecule has 1 aliphatic rings. The number of nitrogens with one attached hydrogen (secondary N) is 1. The third-order valence-electron chi connectivity index (χ3n) is 5.54. The number of aromatic nitrogens is 2. The van der Waals surface area contributed by atoms with Gasteiger partial charge in [0.15, 0.2) is 0 Å². The number of halogens is 2. The summed E-state index contributed by atoms with van der Waals surface area (Å²) >= 11 is 12.3. The fourth-order valence-corrected chi connectivity index (χ4v) is 4.28. The summed E-state index contributed by atoms with van der Waals surface area (Å²) in [6, 6.07) is 14.6. The van der Waals surface area contributed by atoms with E-state index in [-0.39, 0.29) is 17.8 Å². The van der Waals surface area contributed by atoms with E-state index in [1.54, 1.807) is 29.2 Å². The highest BCUT2D eigenvalue weighted by Crippen LogP contribution is 2.31. The maximum atomic E-state index is 12.8. The second-order valence-corrected chi connectivity index (χ2v) is 8.30. The maximum Gasteiger partial charge on any atom is 0.308 e. The Morgan fingerprint density at radius 2 is 1.77 bits per heavy atom. The van der Waals surface area contributed by atoms with Gasteiger partial charge in [0.1, 0.15) is 0 Å². The minimum Gasteiger partial charge on any atom is -0.469 e. The van der Waals surface area contributed by atoms with E-state index in [1.807, 2.05) is 24.3 Å². The van der Waals surface area contributed by atoms with E-state index in [1.165, 1.54) is 7.11 Å². The van der Waals surface area contributed by atoms with Gasteiger partial charge in [0.2, 0.25) is 0 Å². The Labute approximate surface area is 190 Å². The smallest absolute Gasteiger partial charge is 0.308 e. The van der Waals surface area contributed by atoms with Crippen LogP contribution in [-0.2, 0) is 9.53 Å². The van der Waals surface area contributed by atoms with Gasteiger partial charge in [-0.25, -0.2) is 0 Å². The molecule has 1 aromatic heterocycles. The van der Waals surface area contributed by atoms with Crippen molar-refractivity contribution in [2.24, 2.45) is 5.92 Å². The number of benzene rings is 2. The first kappa shape index (κ1) is 21.4. The minimum atomic E-state index is -0.199. The molecule has 1 aliphatic heterocycles. The average Bonchev–Trinajstić information content (AvgIpc) is 3.28. The zero-order chi connectivity index (χ0) is 22.0. The minimum absolute atomic E-state index is 0.0365. The number of carbonyl (C=O) groups excluding carboxylic acids is 2. The van der Waals surface area contributed by atoms with Crippen LogP contribution in [0.15, 0.2) is 48.5 Å². The van der Waals surface area contributed by atoms with Gasteiger partial charge in [-0.2, -0.15) is 5.10 Å². The Kier molecular flexibility index (Phi) is 6.30. The number of nitrogens with zero attached hydrogens (tertiary/aromatic N) is 2. The van der Waals surface area contributed by atoms with Crippen LogP contribution < -0.4 is 0 Å². The summed E-state index contributed by atoms with van der Waals surface area (Å²) in [6.07, 6.45) is 1.25. The van der Waals surface area contributed by atoms with Crippen LogP contribution in [-0.4, -0.2) is 47.2 Å². The van der Waals surface area contributed by atoms with Gasteiger partial charge in [-0.3, -0.25) is 14.7 Å². The van der Waals surface area contributed by atoms with Crippen LogP contribution >= 0.6 is 23.2 Å². The van der Waals surface area contributed by atoms with Crippen molar-refractivity contribution in [3.63, 3.8) is 0 Å². The van der Waals surface area contributed by atoms with Gasteiger partial charge in [-0.05, 0) is 49.2 Å².